The number of aliphatic hydroxyl groups excluding tert-OH is 1. The average molecular weight is 751 g/mol. The lowest BCUT2D eigenvalue weighted by Crippen LogP contribution is -1.96. The van der Waals surface area contributed by atoms with Crippen molar-refractivity contribution in [3.05, 3.63) is 179 Å². The molecule has 5 aromatic carbocycles. The maximum absolute atomic E-state index is 11.1. The number of carbonyl (C=O) groups is 1. The van der Waals surface area contributed by atoms with Crippen molar-refractivity contribution >= 4 is 27.6 Å². The average Bonchev–Trinajstić information content (AvgIpc) is 3.24. The molecule has 0 fully saturated rings. The van der Waals surface area contributed by atoms with Gasteiger partial charge in [0.25, 0.3) is 0 Å². The number of unbranched alkanes of at least 4 members (excludes halogenated alkanes) is 6. The standard InChI is InChI=1S/C53H54N2O2/c1-39(56)35-48(57)21-8-6-4-2-3-5-7-18-45-38-53(55-52-24-12-10-22-49(45)52)47-20-14-16-43(37-47)32-30-41-27-25-40(26-28-41)29-31-42-15-13-19-46(36-42)51-34-33-44-17-9-11-23-50(44)54-51/h9-17,19-20,22-28,33-38,57H,2-8,18,21,29-32H2,1H3. The van der Waals surface area contributed by atoms with Gasteiger partial charge in [0.15, 0.2) is 5.78 Å². The highest BCUT2D eigenvalue weighted by Crippen LogP contribution is 2.28. The van der Waals surface area contributed by atoms with Gasteiger partial charge in [-0.3, -0.25) is 4.79 Å². The lowest BCUT2D eigenvalue weighted by Gasteiger charge is -2.11. The summed E-state index contributed by atoms with van der Waals surface area (Å²) in [4.78, 5) is 21.1. The van der Waals surface area contributed by atoms with Crippen LogP contribution in [0.15, 0.2) is 151 Å². The van der Waals surface area contributed by atoms with Crippen LogP contribution >= 0.6 is 0 Å². The van der Waals surface area contributed by atoms with Crippen LogP contribution in [0.5, 0.6) is 0 Å². The van der Waals surface area contributed by atoms with Gasteiger partial charge in [0.1, 0.15) is 0 Å². The van der Waals surface area contributed by atoms with Crippen molar-refractivity contribution < 1.29 is 9.90 Å². The third-order valence-corrected chi connectivity index (χ3v) is 11.0. The molecule has 0 radical (unpaired) electrons. The first-order valence-electron chi connectivity index (χ1n) is 20.9. The van der Waals surface area contributed by atoms with Gasteiger partial charge < -0.3 is 5.11 Å². The molecule has 57 heavy (non-hydrogen) atoms. The molecule has 7 rings (SSSR count). The SMILES string of the molecule is CC(=O)C=C(O)CCCCCCCCCc1cc(-c2cccc(CCc3ccc(CCc4cccc(-c5ccc6ccccc6n5)c4)cc3)c2)nc2ccccc12. The van der Waals surface area contributed by atoms with E-state index in [0.29, 0.717) is 6.42 Å². The van der Waals surface area contributed by atoms with Crippen molar-refractivity contribution in [2.45, 2.75) is 90.4 Å². The predicted octanol–water partition coefficient (Wildman–Crippen LogP) is 13.4. The molecule has 0 saturated heterocycles. The van der Waals surface area contributed by atoms with Crippen molar-refractivity contribution in [2.75, 3.05) is 0 Å². The predicted molar refractivity (Wildman–Crippen MR) is 238 cm³/mol. The largest absolute Gasteiger partial charge is 0.512 e. The lowest BCUT2D eigenvalue weighted by molar-refractivity contribution is -0.112. The van der Waals surface area contributed by atoms with Crippen LogP contribution in [-0.2, 0) is 36.9 Å². The molecule has 0 aliphatic rings. The van der Waals surface area contributed by atoms with E-state index in [4.69, 9.17) is 9.97 Å². The van der Waals surface area contributed by atoms with E-state index >= 15 is 0 Å². The maximum atomic E-state index is 11.1. The van der Waals surface area contributed by atoms with Gasteiger partial charge in [-0.1, -0.05) is 135 Å². The Bertz CT molecular complexity index is 2450. The molecular formula is C53H54N2O2. The minimum absolute atomic E-state index is 0.0927. The molecule has 0 aliphatic carbocycles. The number of hydrogen-bond acceptors (Lipinski definition) is 4. The second kappa shape index (κ2) is 19.8. The van der Waals surface area contributed by atoms with E-state index in [2.05, 4.69) is 133 Å². The van der Waals surface area contributed by atoms with Crippen molar-refractivity contribution in [2.24, 2.45) is 0 Å². The molecule has 2 heterocycles. The molecular weight excluding hydrogens is 697 g/mol. The number of pyridine rings is 2. The summed E-state index contributed by atoms with van der Waals surface area (Å²) < 4.78 is 0. The summed E-state index contributed by atoms with van der Waals surface area (Å²) in [6.07, 6.45) is 14.9. The van der Waals surface area contributed by atoms with Gasteiger partial charge in [0.2, 0.25) is 0 Å². The number of aryl methyl sites for hydroxylation is 5. The fourth-order valence-electron chi connectivity index (χ4n) is 7.86. The summed E-state index contributed by atoms with van der Waals surface area (Å²) >= 11 is 0. The van der Waals surface area contributed by atoms with Gasteiger partial charge in [-0.05, 0) is 116 Å². The molecule has 7 aromatic rings. The highest BCUT2D eigenvalue weighted by Gasteiger charge is 2.10. The molecule has 0 bridgehead atoms. The molecule has 0 atom stereocenters. The molecule has 1 N–H and O–H groups in total. The Kier molecular flexibility index (Phi) is 13.7. The van der Waals surface area contributed by atoms with Gasteiger partial charge in [-0.25, -0.2) is 9.97 Å². The molecule has 2 aromatic heterocycles. The number of allylic oxidation sites excluding steroid dienone is 2. The molecule has 4 heteroatoms. The van der Waals surface area contributed by atoms with Crippen molar-refractivity contribution in [1.29, 1.82) is 0 Å². The molecule has 0 amide bonds. The highest BCUT2D eigenvalue weighted by atomic mass is 16.3. The summed E-state index contributed by atoms with van der Waals surface area (Å²) in [6, 6.07) is 50.4. The van der Waals surface area contributed by atoms with Crippen LogP contribution in [0.4, 0.5) is 0 Å². The molecule has 0 saturated carbocycles. The van der Waals surface area contributed by atoms with E-state index in [1.165, 1.54) is 88.4 Å². The molecule has 0 aliphatic heterocycles. The normalized spacial score (nSPS) is 11.7. The zero-order chi connectivity index (χ0) is 39.2. The summed E-state index contributed by atoms with van der Waals surface area (Å²) in [7, 11) is 0. The van der Waals surface area contributed by atoms with Gasteiger partial charge in [0.05, 0.1) is 28.2 Å². The first kappa shape index (κ1) is 39.4. The number of carbonyl (C=O) groups excluding carboxylic acids is 1. The fraction of sp³-hybridized carbons (Fsp3) is 0.264. The number of aromatic nitrogens is 2. The Labute approximate surface area is 338 Å². The lowest BCUT2D eigenvalue weighted by atomic mass is 9.97. The summed E-state index contributed by atoms with van der Waals surface area (Å²) in [5.74, 6) is 0.116. The second-order valence-corrected chi connectivity index (χ2v) is 15.5. The summed E-state index contributed by atoms with van der Waals surface area (Å²) in [6.45, 7) is 1.47. The van der Waals surface area contributed by atoms with Crippen LogP contribution < -0.4 is 0 Å². The minimum Gasteiger partial charge on any atom is -0.512 e. The number of hydrogen-bond donors (Lipinski definition) is 1. The molecule has 0 unspecified atom stereocenters. The Morgan fingerprint density at radius 3 is 1.75 bits per heavy atom. The van der Waals surface area contributed by atoms with E-state index < -0.39 is 0 Å². The smallest absolute Gasteiger partial charge is 0.155 e. The molecule has 288 valence electrons. The maximum Gasteiger partial charge on any atom is 0.155 e. The van der Waals surface area contributed by atoms with Gasteiger partial charge in [-0.15, -0.1) is 0 Å². The topological polar surface area (TPSA) is 63.1 Å². The van der Waals surface area contributed by atoms with E-state index in [9.17, 15) is 9.90 Å². The first-order chi connectivity index (χ1) is 28.0. The Balaban J connectivity index is 0.899. The highest BCUT2D eigenvalue weighted by molar-refractivity contribution is 5.87. The number of nitrogens with zero attached hydrogens (tertiary/aromatic N) is 2. The summed E-state index contributed by atoms with van der Waals surface area (Å²) in [5.41, 5.74) is 13.3. The quantitative estimate of drug-likeness (QED) is 0.0508. The van der Waals surface area contributed by atoms with Gasteiger partial charge >= 0.3 is 0 Å². The van der Waals surface area contributed by atoms with Crippen LogP contribution in [0.1, 0.15) is 86.1 Å². The summed E-state index contributed by atoms with van der Waals surface area (Å²) in [5, 5.41) is 12.2. The van der Waals surface area contributed by atoms with Crippen molar-refractivity contribution in [1.82, 2.24) is 9.97 Å². The third kappa shape index (κ3) is 11.4. The monoisotopic (exact) mass is 750 g/mol. The number of ketones is 1. The van der Waals surface area contributed by atoms with Crippen LogP contribution in [0.3, 0.4) is 0 Å². The zero-order valence-corrected chi connectivity index (χ0v) is 33.3. The second-order valence-electron chi connectivity index (χ2n) is 15.5. The molecule has 4 nitrogen and oxygen atoms in total. The van der Waals surface area contributed by atoms with E-state index in [0.717, 1.165) is 73.8 Å². The fourth-order valence-corrected chi connectivity index (χ4v) is 7.86. The van der Waals surface area contributed by atoms with Gasteiger partial charge in [-0.2, -0.15) is 0 Å². The zero-order valence-electron chi connectivity index (χ0n) is 33.3. The van der Waals surface area contributed by atoms with Crippen molar-refractivity contribution in [3.63, 3.8) is 0 Å². The number of fused-ring (bicyclic) bond motifs is 2. The number of rotatable bonds is 19. The van der Waals surface area contributed by atoms with E-state index in [-0.39, 0.29) is 11.5 Å². The van der Waals surface area contributed by atoms with E-state index in [1.54, 1.807) is 0 Å². The Morgan fingerprint density at radius 1 is 0.509 bits per heavy atom. The van der Waals surface area contributed by atoms with Crippen LogP contribution in [0.25, 0.3) is 44.3 Å². The number of aliphatic hydroxyl groups is 1. The van der Waals surface area contributed by atoms with Crippen LogP contribution in [-0.4, -0.2) is 20.9 Å². The Hall–Kier alpha value is -5.87. The van der Waals surface area contributed by atoms with Gasteiger partial charge in [0, 0.05) is 34.4 Å². The number of benzene rings is 5. The molecule has 0 spiro atoms. The third-order valence-electron chi connectivity index (χ3n) is 11.0. The first-order valence-corrected chi connectivity index (χ1v) is 20.9. The van der Waals surface area contributed by atoms with Crippen LogP contribution in [0.2, 0.25) is 0 Å². The van der Waals surface area contributed by atoms with Crippen LogP contribution in [0, 0.1) is 0 Å². The minimum atomic E-state index is -0.0927. The van der Waals surface area contributed by atoms with Crippen molar-refractivity contribution in [3.8, 4) is 22.5 Å². The number of para-hydroxylation sites is 2. The van der Waals surface area contributed by atoms with E-state index in [1.807, 2.05) is 6.07 Å². The Morgan fingerprint density at radius 2 is 1.07 bits per heavy atom.